The van der Waals surface area contributed by atoms with Crippen molar-refractivity contribution in [1.29, 1.82) is 0 Å². The summed E-state index contributed by atoms with van der Waals surface area (Å²) in [5.74, 6) is -0.591. The van der Waals surface area contributed by atoms with Crippen molar-refractivity contribution in [2.75, 3.05) is 39.0 Å². The predicted molar refractivity (Wildman–Crippen MR) is 114 cm³/mol. The average Bonchev–Trinajstić information content (AvgIpc) is 3.07. The number of esters is 1. The molecule has 0 radical (unpaired) electrons. The lowest BCUT2D eigenvalue weighted by molar-refractivity contribution is 0.0594. The van der Waals surface area contributed by atoms with Gasteiger partial charge in [-0.05, 0) is 25.8 Å². The van der Waals surface area contributed by atoms with E-state index in [0.29, 0.717) is 6.42 Å². The summed E-state index contributed by atoms with van der Waals surface area (Å²) in [7, 11) is -6.42. The molecule has 0 N–H and O–H groups in total. The number of carbonyl (C=O) groups excluding carboxylic acids is 1. The van der Waals surface area contributed by atoms with Gasteiger partial charge in [-0.3, -0.25) is 0 Å². The number of hydrogen-bond donors (Lipinski definition) is 0. The SMILES string of the molecule is COC(=O)c1c(C)oc(C)c1S(=O)(=O)N1CCN(S(=O)(=O)CCc2ccccc2)CC1. The maximum atomic E-state index is 13.2. The number of carbonyl (C=O) groups is 1. The van der Waals surface area contributed by atoms with Gasteiger partial charge >= 0.3 is 5.97 Å². The summed E-state index contributed by atoms with van der Waals surface area (Å²) in [6, 6.07) is 9.32. The van der Waals surface area contributed by atoms with Gasteiger partial charge in [-0.2, -0.15) is 8.61 Å². The van der Waals surface area contributed by atoms with Crippen LogP contribution in [0.4, 0.5) is 0 Å². The molecule has 0 atom stereocenters. The van der Waals surface area contributed by atoms with Gasteiger partial charge in [0.05, 0.1) is 12.9 Å². The van der Waals surface area contributed by atoms with Crippen LogP contribution in [0.1, 0.15) is 27.4 Å². The number of rotatable bonds is 7. The maximum Gasteiger partial charge on any atom is 0.342 e. The lowest BCUT2D eigenvalue weighted by Crippen LogP contribution is -2.51. The molecule has 3 rings (SSSR count). The summed E-state index contributed by atoms with van der Waals surface area (Å²) in [5, 5.41) is 0. The molecule has 2 heterocycles. The monoisotopic (exact) mass is 470 g/mol. The first-order chi connectivity index (χ1) is 14.6. The van der Waals surface area contributed by atoms with E-state index >= 15 is 0 Å². The molecule has 0 amide bonds. The van der Waals surface area contributed by atoms with Crippen LogP contribution >= 0.6 is 0 Å². The molecular weight excluding hydrogens is 444 g/mol. The number of piperazine rings is 1. The zero-order chi connectivity index (χ0) is 22.8. The topological polar surface area (TPSA) is 114 Å². The molecule has 0 bridgehead atoms. The van der Waals surface area contributed by atoms with Crippen molar-refractivity contribution in [1.82, 2.24) is 8.61 Å². The third kappa shape index (κ3) is 4.84. The van der Waals surface area contributed by atoms with Gasteiger partial charge in [0, 0.05) is 26.2 Å². The Hall–Kier alpha value is -2.21. The molecular formula is C20H26N2O7S2. The van der Waals surface area contributed by atoms with Crippen LogP contribution in [-0.4, -0.2) is 70.5 Å². The Bertz CT molecular complexity index is 1150. The highest BCUT2D eigenvalue weighted by Crippen LogP contribution is 2.30. The van der Waals surface area contributed by atoms with E-state index in [0.717, 1.165) is 5.56 Å². The smallest absolute Gasteiger partial charge is 0.342 e. The van der Waals surface area contributed by atoms with E-state index in [2.05, 4.69) is 0 Å². The number of aryl methyl sites for hydroxylation is 3. The van der Waals surface area contributed by atoms with Crippen molar-refractivity contribution in [2.24, 2.45) is 0 Å². The number of sulfonamides is 2. The Balaban J connectivity index is 1.73. The van der Waals surface area contributed by atoms with Gasteiger partial charge in [0.15, 0.2) is 0 Å². The van der Waals surface area contributed by atoms with E-state index in [1.165, 1.54) is 29.6 Å². The summed E-state index contributed by atoms with van der Waals surface area (Å²) >= 11 is 0. The fourth-order valence-corrected chi connectivity index (χ4v) is 6.91. The highest BCUT2D eigenvalue weighted by atomic mass is 32.2. The molecule has 0 saturated carbocycles. The molecule has 0 aliphatic carbocycles. The third-order valence-electron chi connectivity index (χ3n) is 5.27. The number of hydrogen-bond acceptors (Lipinski definition) is 7. The van der Waals surface area contributed by atoms with E-state index < -0.39 is 26.0 Å². The van der Waals surface area contributed by atoms with E-state index in [9.17, 15) is 21.6 Å². The van der Waals surface area contributed by atoms with Gasteiger partial charge in [0.1, 0.15) is 22.0 Å². The highest BCUT2D eigenvalue weighted by Gasteiger charge is 2.38. The molecule has 9 nitrogen and oxygen atoms in total. The fourth-order valence-electron chi connectivity index (χ4n) is 3.65. The van der Waals surface area contributed by atoms with Crippen LogP contribution < -0.4 is 0 Å². The second kappa shape index (κ2) is 9.11. The molecule has 11 heteroatoms. The van der Waals surface area contributed by atoms with Crippen LogP contribution in [0.5, 0.6) is 0 Å². The van der Waals surface area contributed by atoms with Crippen molar-refractivity contribution >= 4 is 26.0 Å². The summed E-state index contributed by atoms with van der Waals surface area (Å²) in [6.45, 7) is 3.01. The van der Waals surface area contributed by atoms with Crippen LogP contribution in [-0.2, 0) is 31.2 Å². The molecule has 2 aromatic rings. The zero-order valence-corrected chi connectivity index (χ0v) is 19.3. The van der Waals surface area contributed by atoms with E-state index in [1.807, 2.05) is 30.3 Å². The molecule has 31 heavy (non-hydrogen) atoms. The Morgan fingerprint density at radius 1 is 0.968 bits per heavy atom. The van der Waals surface area contributed by atoms with E-state index in [-0.39, 0.29) is 53.9 Å². The van der Waals surface area contributed by atoms with Gasteiger partial charge in [0.2, 0.25) is 20.0 Å². The number of nitrogens with zero attached hydrogens (tertiary/aromatic N) is 2. The second-order valence-corrected chi connectivity index (χ2v) is 11.2. The Kier molecular flexibility index (Phi) is 6.89. The van der Waals surface area contributed by atoms with Crippen molar-refractivity contribution in [3.8, 4) is 0 Å². The minimum absolute atomic E-state index is 0.0167. The minimum atomic E-state index is -4.06. The largest absolute Gasteiger partial charge is 0.465 e. The van der Waals surface area contributed by atoms with Crippen LogP contribution in [0.3, 0.4) is 0 Å². The first kappa shape index (κ1) is 23.5. The van der Waals surface area contributed by atoms with Gasteiger partial charge in [-0.25, -0.2) is 21.6 Å². The third-order valence-corrected chi connectivity index (χ3v) is 9.20. The fraction of sp³-hybridized carbons (Fsp3) is 0.450. The van der Waals surface area contributed by atoms with Crippen LogP contribution in [0.15, 0.2) is 39.6 Å². The second-order valence-electron chi connectivity index (χ2n) is 7.26. The van der Waals surface area contributed by atoms with Gasteiger partial charge in [-0.1, -0.05) is 30.3 Å². The Morgan fingerprint density at radius 2 is 1.55 bits per heavy atom. The summed E-state index contributed by atoms with van der Waals surface area (Å²) in [5.41, 5.74) is 0.798. The van der Waals surface area contributed by atoms with E-state index in [4.69, 9.17) is 9.15 Å². The summed E-state index contributed by atoms with van der Waals surface area (Å²) in [4.78, 5) is 11.9. The lowest BCUT2D eigenvalue weighted by atomic mass is 10.2. The van der Waals surface area contributed by atoms with Crippen molar-refractivity contribution in [3.05, 3.63) is 53.0 Å². The quantitative estimate of drug-likeness (QED) is 0.564. The van der Waals surface area contributed by atoms with Crippen LogP contribution in [0.25, 0.3) is 0 Å². The molecule has 170 valence electrons. The highest BCUT2D eigenvalue weighted by molar-refractivity contribution is 7.89. The van der Waals surface area contributed by atoms with Gasteiger partial charge in [-0.15, -0.1) is 0 Å². The van der Waals surface area contributed by atoms with E-state index in [1.54, 1.807) is 0 Å². The Morgan fingerprint density at radius 3 is 2.13 bits per heavy atom. The zero-order valence-electron chi connectivity index (χ0n) is 17.7. The predicted octanol–water partition coefficient (Wildman–Crippen LogP) is 1.56. The molecule has 1 fully saturated rings. The van der Waals surface area contributed by atoms with Crippen molar-refractivity contribution in [3.63, 3.8) is 0 Å². The molecule has 1 aliphatic rings. The van der Waals surface area contributed by atoms with Gasteiger partial charge < -0.3 is 9.15 Å². The number of furan rings is 1. The van der Waals surface area contributed by atoms with Crippen LogP contribution in [0.2, 0.25) is 0 Å². The molecule has 1 aliphatic heterocycles. The van der Waals surface area contributed by atoms with Crippen molar-refractivity contribution in [2.45, 2.75) is 25.2 Å². The van der Waals surface area contributed by atoms with Gasteiger partial charge in [0.25, 0.3) is 0 Å². The normalized spacial score (nSPS) is 16.4. The standard InChI is InChI=1S/C20H26N2O7S2/c1-15-18(20(23)28-3)19(16(2)29-15)31(26,27)22-12-10-21(11-13-22)30(24,25)14-9-17-7-5-4-6-8-17/h4-8H,9-14H2,1-3H3. The number of benzene rings is 1. The minimum Gasteiger partial charge on any atom is -0.465 e. The lowest BCUT2D eigenvalue weighted by Gasteiger charge is -2.33. The number of ether oxygens (including phenoxy) is 1. The van der Waals surface area contributed by atoms with Crippen molar-refractivity contribution < 1.29 is 30.8 Å². The Labute approximate surface area is 182 Å². The summed E-state index contributed by atoms with van der Waals surface area (Å²) in [6.07, 6.45) is 0.387. The molecule has 1 aromatic heterocycles. The van der Waals surface area contributed by atoms with Crippen LogP contribution in [0, 0.1) is 13.8 Å². The summed E-state index contributed by atoms with van der Waals surface area (Å²) < 4.78 is 64.4. The first-order valence-electron chi connectivity index (χ1n) is 9.78. The average molecular weight is 471 g/mol. The first-order valence-corrected chi connectivity index (χ1v) is 12.8. The molecule has 0 spiro atoms. The maximum absolute atomic E-state index is 13.2. The molecule has 0 unspecified atom stereocenters. The number of methoxy groups -OCH3 is 1. The molecule has 1 aromatic carbocycles. The molecule has 1 saturated heterocycles.